The van der Waals surface area contributed by atoms with Gasteiger partial charge in [0.05, 0.1) is 18.8 Å². The smallest absolute Gasteiger partial charge is 0.233 e. The first-order valence-corrected chi connectivity index (χ1v) is 5.71. The number of rotatable bonds is 5. The van der Waals surface area contributed by atoms with Crippen LogP contribution in [0.25, 0.3) is 0 Å². The van der Waals surface area contributed by atoms with Gasteiger partial charge in [-0.1, -0.05) is 6.92 Å². The Hall–Kier alpha value is -2.08. The normalized spacial score (nSPS) is 12.1. The molecule has 0 amide bonds. The van der Waals surface area contributed by atoms with Crippen molar-refractivity contribution in [1.29, 1.82) is 0 Å². The van der Waals surface area contributed by atoms with E-state index >= 15 is 0 Å². The number of methoxy groups -OCH3 is 1. The number of nitrogens with one attached hydrogen (secondary N) is 1. The fraction of sp³-hybridized carbons (Fsp3) is 0.333. The van der Waals surface area contributed by atoms with Gasteiger partial charge >= 0.3 is 0 Å². The van der Waals surface area contributed by atoms with Gasteiger partial charge in [0.2, 0.25) is 5.88 Å². The predicted octanol–water partition coefficient (Wildman–Crippen LogP) is 0.974. The van der Waals surface area contributed by atoms with Crippen LogP contribution in [0.4, 0.5) is 0 Å². The van der Waals surface area contributed by atoms with Gasteiger partial charge in [-0.2, -0.15) is 0 Å². The van der Waals surface area contributed by atoms with Crippen LogP contribution in [0.5, 0.6) is 5.88 Å². The lowest BCUT2D eigenvalue weighted by atomic mass is 10.1. The van der Waals surface area contributed by atoms with Crippen LogP contribution in [-0.4, -0.2) is 33.8 Å². The minimum absolute atomic E-state index is 0.0605. The van der Waals surface area contributed by atoms with E-state index in [1.807, 2.05) is 13.0 Å². The van der Waals surface area contributed by atoms with Gasteiger partial charge in [-0.25, -0.2) is 9.97 Å². The molecule has 1 N–H and O–H groups in total. The zero-order chi connectivity index (χ0) is 12.8. The molecule has 6 heteroatoms. The van der Waals surface area contributed by atoms with E-state index in [9.17, 15) is 0 Å². The summed E-state index contributed by atoms with van der Waals surface area (Å²) in [6.45, 7) is 2.85. The minimum atomic E-state index is -0.0605. The summed E-state index contributed by atoms with van der Waals surface area (Å²) >= 11 is 0. The summed E-state index contributed by atoms with van der Waals surface area (Å²) in [5.74, 6) is 0.498. The Balaban J connectivity index is 2.29. The first kappa shape index (κ1) is 12.4. The fourth-order valence-corrected chi connectivity index (χ4v) is 1.65. The lowest BCUT2D eigenvalue weighted by Gasteiger charge is -2.16. The van der Waals surface area contributed by atoms with Crippen molar-refractivity contribution >= 4 is 0 Å². The van der Waals surface area contributed by atoms with Crippen molar-refractivity contribution < 1.29 is 4.74 Å². The molecule has 2 heterocycles. The molecule has 1 atom stereocenters. The molecule has 0 aliphatic rings. The van der Waals surface area contributed by atoms with E-state index in [1.165, 1.54) is 6.33 Å². The topological polar surface area (TPSA) is 72.8 Å². The predicted molar refractivity (Wildman–Crippen MR) is 66.1 cm³/mol. The highest BCUT2D eigenvalue weighted by Gasteiger charge is 2.15. The van der Waals surface area contributed by atoms with Crippen LogP contribution in [0, 0.1) is 0 Å². The maximum absolute atomic E-state index is 5.00. The Morgan fingerprint density at radius 3 is 2.56 bits per heavy atom. The average Bonchev–Trinajstić information content (AvgIpc) is 2.46. The first-order chi connectivity index (χ1) is 8.85. The molecule has 0 saturated heterocycles. The molecular weight excluding hydrogens is 230 g/mol. The molecule has 2 aromatic heterocycles. The SMILES string of the molecule is CCNC(c1cncnc1)c1ccc(OC)nn1. The summed E-state index contributed by atoms with van der Waals surface area (Å²) in [4.78, 5) is 8.05. The second kappa shape index (κ2) is 6.02. The summed E-state index contributed by atoms with van der Waals surface area (Å²) in [6.07, 6.45) is 5.05. The third kappa shape index (κ3) is 2.78. The van der Waals surface area contributed by atoms with Gasteiger partial charge in [-0.15, -0.1) is 10.2 Å². The zero-order valence-electron chi connectivity index (χ0n) is 10.4. The molecular formula is C12H15N5O. The lowest BCUT2D eigenvalue weighted by molar-refractivity contribution is 0.390. The Kier molecular flexibility index (Phi) is 4.14. The van der Waals surface area contributed by atoms with Crippen molar-refractivity contribution in [2.24, 2.45) is 0 Å². The van der Waals surface area contributed by atoms with E-state index in [1.54, 1.807) is 25.6 Å². The molecule has 0 radical (unpaired) electrons. The van der Waals surface area contributed by atoms with E-state index in [2.05, 4.69) is 25.5 Å². The summed E-state index contributed by atoms with van der Waals surface area (Å²) in [6, 6.07) is 3.61. The van der Waals surface area contributed by atoms with Crippen molar-refractivity contribution in [2.75, 3.05) is 13.7 Å². The number of hydrogen-bond acceptors (Lipinski definition) is 6. The second-order valence-electron chi connectivity index (χ2n) is 3.66. The molecule has 0 aliphatic heterocycles. The Morgan fingerprint density at radius 2 is 2.00 bits per heavy atom. The quantitative estimate of drug-likeness (QED) is 0.846. The van der Waals surface area contributed by atoms with Crippen LogP contribution in [0.15, 0.2) is 30.9 Å². The van der Waals surface area contributed by atoms with Gasteiger partial charge in [0.15, 0.2) is 0 Å². The number of nitrogens with zero attached hydrogens (tertiary/aromatic N) is 4. The lowest BCUT2D eigenvalue weighted by Crippen LogP contribution is -2.23. The minimum Gasteiger partial charge on any atom is -0.480 e. The van der Waals surface area contributed by atoms with Crippen molar-refractivity contribution in [3.63, 3.8) is 0 Å². The second-order valence-corrected chi connectivity index (χ2v) is 3.66. The van der Waals surface area contributed by atoms with Gasteiger partial charge in [-0.3, -0.25) is 0 Å². The van der Waals surface area contributed by atoms with E-state index in [0.717, 1.165) is 17.8 Å². The van der Waals surface area contributed by atoms with Crippen LogP contribution in [0.1, 0.15) is 24.2 Å². The van der Waals surface area contributed by atoms with E-state index in [4.69, 9.17) is 4.74 Å². The fourth-order valence-electron chi connectivity index (χ4n) is 1.65. The van der Waals surface area contributed by atoms with Crippen LogP contribution >= 0.6 is 0 Å². The highest BCUT2D eigenvalue weighted by molar-refractivity contribution is 5.24. The highest BCUT2D eigenvalue weighted by Crippen LogP contribution is 2.19. The molecule has 18 heavy (non-hydrogen) atoms. The molecule has 94 valence electrons. The first-order valence-electron chi connectivity index (χ1n) is 5.71. The molecule has 2 aromatic rings. The average molecular weight is 245 g/mol. The molecule has 0 bridgehead atoms. The van der Waals surface area contributed by atoms with Gasteiger partial charge < -0.3 is 10.1 Å². The number of hydrogen-bond donors (Lipinski definition) is 1. The third-order valence-electron chi connectivity index (χ3n) is 2.49. The van der Waals surface area contributed by atoms with Crippen molar-refractivity contribution in [3.8, 4) is 5.88 Å². The monoisotopic (exact) mass is 245 g/mol. The molecule has 0 fully saturated rings. The number of aromatic nitrogens is 4. The van der Waals surface area contributed by atoms with Gasteiger partial charge in [0, 0.05) is 24.0 Å². The Bertz CT molecular complexity index is 474. The number of ether oxygens (including phenoxy) is 1. The van der Waals surface area contributed by atoms with Crippen molar-refractivity contribution in [2.45, 2.75) is 13.0 Å². The maximum atomic E-state index is 5.00. The third-order valence-corrected chi connectivity index (χ3v) is 2.49. The molecule has 0 aliphatic carbocycles. The molecule has 2 rings (SSSR count). The molecule has 1 unspecified atom stereocenters. The van der Waals surface area contributed by atoms with Gasteiger partial charge in [0.1, 0.15) is 6.33 Å². The summed E-state index contributed by atoms with van der Waals surface area (Å²) in [7, 11) is 1.57. The Labute approximate surface area is 105 Å². The van der Waals surface area contributed by atoms with Crippen LogP contribution < -0.4 is 10.1 Å². The molecule has 0 saturated carbocycles. The standard InChI is InChI=1S/C12H15N5O/c1-3-15-12(9-6-13-8-14-7-9)10-4-5-11(18-2)17-16-10/h4-8,12,15H,3H2,1-2H3. The van der Waals surface area contributed by atoms with Gasteiger partial charge in [0.25, 0.3) is 0 Å². The van der Waals surface area contributed by atoms with E-state index in [0.29, 0.717) is 5.88 Å². The van der Waals surface area contributed by atoms with Crippen LogP contribution in [-0.2, 0) is 0 Å². The summed E-state index contributed by atoms with van der Waals surface area (Å²) in [5.41, 5.74) is 1.77. The maximum Gasteiger partial charge on any atom is 0.233 e. The van der Waals surface area contributed by atoms with E-state index in [-0.39, 0.29) is 6.04 Å². The van der Waals surface area contributed by atoms with Crippen LogP contribution in [0.3, 0.4) is 0 Å². The van der Waals surface area contributed by atoms with Crippen molar-refractivity contribution in [3.05, 3.63) is 42.1 Å². The summed E-state index contributed by atoms with van der Waals surface area (Å²) in [5, 5.41) is 11.5. The van der Waals surface area contributed by atoms with Crippen LogP contribution in [0.2, 0.25) is 0 Å². The van der Waals surface area contributed by atoms with E-state index < -0.39 is 0 Å². The van der Waals surface area contributed by atoms with Crippen molar-refractivity contribution in [1.82, 2.24) is 25.5 Å². The zero-order valence-corrected chi connectivity index (χ0v) is 10.4. The highest BCUT2D eigenvalue weighted by atomic mass is 16.5. The molecule has 6 nitrogen and oxygen atoms in total. The molecule has 0 spiro atoms. The van der Waals surface area contributed by atoms with Gasteiger partial charge in [-0.05, 0) is 12.6 Å². The molecule has 0 aromatic carbocycles. The largest absolute Gasteiger partial charge is 0.480 e. The Morgan fingerprint density at radius 1 is 1.22 bits per heavy atom. The summed E-state index contributed by atoms with van der Waals surface area (Å²) < 4.78 is 5.00.